The molecule has 0 amide bonds. The highest BCUT2D eigenvalue weighted by Crippen LogP contribution is 2.20. The van der Waals surface area contributed by atoms with Crippen LogP contribution >= 0.6 is 0 Å². The van der Waals surface area contributed by atoms with Gasteiger partial charge in [0.2, 0.25) is 0 Å². The van der Waals surface area contributed by atoms with Crippen LogP contribution in [-0.4, -0.2) is 12.1 Å². The van der Waals surface area contributed by atoms with E-state index in [1.165, 1.54) is 167 Å². The van der Waals surface area contributed by atoms with Gasteiger partial charge in [-0.15, -0.1) is 0 Å². The zero-order valence-electron chi connectivity index (χ0n) is 27.1. The minimum Gasteiger partial charge on any atom is -0.455 e. The van der Waals surface area contributed by atoms with E-state index in [2.05, 4.69) is 31.2 Å². The summed E-state index contributed by atoms with van der Waals surface area (Å²) in [6.07, 6.45) is 49.4. The maximum Gasteiger partial charge on any atom is 0.334 e. The van der Waals surface area contributed by atoms with Crippen molar-refractivity contribution in [3.8, 4) is 0 Å². The number of ether oxygens (including phenoxy) is 1. The first kappa shape index (κ1) is 36.7. The van der Waals surface area contributed by atoms with Crippen molar-refractivity contribution < 1.29 is 9.53 Å². The first-order valence-corrected chi connectivity index (χ1v) is 18.0. The SMILES string of the molecule is CCCCCCCCCCCCCCCCC/C=C\CC/C=C\CCCCCCCCCCC1=C[C@H](C)OC1=O. The highest BCUT2D eigenvalue weighted by Gasteiger charge is 2.21. The Morgan fingerprint density at radius 1 is 0.525 bits per heavy atom. The zero-order chi connectivity index (χ0) is 28.8. The molecule has 0 aromatic rings. The van der Waals surface area contributed by atoms with Gasteiger partial charge in [0.05, 0.1) is 0 Å². The number of cyclic esters (lactones) is 1. The van der Waals surface area contributed by atoms with Gasteiger partial charge < -0.3 is 4.74 Å². The molecule has 0 spiro atoms. The second-order valence-electron chi connectivity index (χ2n) is 12.4. The third-order valence-electron chi connectivity index (χ3n) is 8.37. The molecule has 1 heterocycles. The number of esters is 1. The lowest BCUT2D eigenvalue weighted by Crippen LogP contribution is -2.03. The summed E-state index contributed by atoms with van der Waals surface area (Å²) in [6, 6.07) is 0. The Kier molecular flexibility index (Phi) is 26.8. The molecule has 0 N–H and O–H groups in total. The van der Waals surface area contributed by atoms with Crippen molar-refractivity contribution in [3.05, 3.63) is 36.0 Å². The lowest BCUT2D eigenvalue weighted by Gasteiger charge is -2.03. The van der Waals surface area contributed by atoms with E-state index < -0.39 is 0 Å². The van der Waals surface area contributed by atoms with Gasteiger partial charge >= 0.3 is 5.97 Å². The average Bonchev–Trinajstić information content (AvgIpc) is 3.28. The Labute approximate surface area is 250 Å². The normalized spacial score (nSPS) is 15.5. The Bertz CT molecular complexity index is 644. The van der Waals surface area contributed by atoms with Crippen LogP contribution in [0.4, 0.5) is 0 Å². The summed E-state index contributed by atoms with van der Waals surface area (Å²) in [5.41, 5.74) is 0.895. The Morgan fingerprint density at radius 2 is 0.875 bits per heavy atom. The van der Waals surface area contributed by atoms with Gasteiger partial charge in [0.15, 0.2) is 0 Å². The molecule has 1 atom stereocenters. The standard InChI is InChI=1S/C38H68O2/c1-3-4-5-6-7-8-9-10-11-12-13-14-15-16-17-18-19-20-21-22-23-24-25-26-27-28-29-30-31-32-33-34-37-35-36(2)40-38(37)39/h19-20,23-24,35-36H,3-18,21-22,25-34H2,1-2H3/b20-19-,24-23-/t36-/m0/s1. The van der Waals surface area contributed by atoms with Crippen LogP contribution in [0.3, 0.4) is 0 Å². The van der Waals surface area contributed by atoms with Crippen molar-refractivity contribution in [2.45, 2.75) is 200 Å². The van der Waals surface area contributed by atoms with Crippen LogP contribution in [0.5, 0.6) is 0 Å². The minimum atomic E-state index is -0.0939. The first-order chi connectivity index (χ1) is 19.7. The van der Waals surface area contributed by atoms with Crippen molar-refractivity contribution in [2.24, 2.45) is 0 Å². The molecular formula is C38H68O2. The number of allylic oxidation sites excluding steroid dienone is 4. The zero-order valence-corrected chi connectivity index (χ0v) is 27.1. The molecule has 2 nitrogen and oxygen atoms in total. The Hall–Kier alpha value is -1.31. The maximum atomic E-state index is 11.6. The summed E-state index contributed by atoms with van der Waals surface area (Å²) < 4.78 is 5.15. The summed E-state index contributed by atoms with van der Waals surface area (Å²) in [5, 5.41) is 0. The van der Waals surface area contributed by atoms with Crippen LogP contribution in [0.15, 0.2) is 36.0 Å². The fourth-order valence-electron chi connectivity index (χ4n) is 5.75. The predicted octanol–water partition coefficient (Wildman–Crippen LogP) is 12.9. The van der Waals surface area contributed by atoms with E-state index in [4.69, 9.17) is 4.74 Å². The second-order valence-corrected chi connectivity index (χ2v) is 12.4. The third kappa shape index (κ3) is 24.5. The van der Waals surface area contributed by atoms with Gasteiger partial charge in [-0.05, 0) is 64.4 Å². The molecule has 0 fully saturated rings. The van der Waals surface area contributed by atoms with Crippen molar-refractivity contribution >= 4 is 5.97 Å². The molecule has 232 valence electrons. The molecule has 0 saturated carbocycles. The number of hydrogen-bond donors (Lipinski definition) is 0. The van der Waals surface area contributed by atoms with Gasteiger partial charge in [-0.2, -0.15) is 0 Å². The smallest absolute Gasteiger partial charge is 0.334 e. The van der Waals surface area contributed by atoms with E-state index in [9.17, 15) is 4.79 Å². The fraction of sp³-hybridized carbons (Fsp3) is 0.816. The van der Waals surface area contributed by atoms with E-state index in [0.29, 0.717) is 0 Å². The van der Waals surface area contributed by atoms with Crippen LogP contribution in [0.2, 0.25) is 0 Å². The molecular weight excluding hydrogens is 488 g/mol. The van der Waals surface area contributed by atoms with Crippen LogP contribution < -0.4 is 0 Å². The number of unbranched alkanes of at least 4 members (excludes halogenated alkanes) is 24. The van der Waals surface area contributed by atoms with Crippen molar-refractivity contribution in [1.29, 1.82) is 0 Å². The molecule has 1 aliphatic heterocycles. The number of carbonyl (C=O) groups is 1. The number of rotatable bonds is 30. The summed E-state index contributed by atoms with van der Waals surface area (Å²) in [6.45, 7) is 4.23. The van der Waals surface area contributed by atoms with Gasteiger partial charge in [0.25, 0.3) is 0 Å². The van der Waals surface area contributed by atoms with Crippen molar-refractivity contribution in [1.82, 2.24) is 0 Å². The second kappa shape index (κ2) is 29.2. The van der Waals surface area contributed by atoms with Gasteiger partial charge in [0.1, 0.15) is 6.10 Å². The fourth-order valence-corrected chi connectivity index (χ4v) is 5.75. The topological polar surface area (TPSA) is 26.3 Å². The van der Waals surface area contributed by atoms with E-state index >= 15 is 0 Å². The van der Waals surface area contributed by atoms with Gasteiger partial charge in [0, 0.05) is 5.57 Å². The van der Waals surface area contributed by atoms with Gasteiger partial charge in [-0.25, -0.2) is 4.79 Å². The largest absolute Gasteiger partial charge is 0.455 e. The predicted molar refractivity (Wildman–Crippen MR) is 177 cm³/mol. The lowest BCUT2D eigenvalue weighted by molar-refractivity contribution is -0.139. The minimum absolute atomic E-state index is 0.0207. The Morgan fingerprint density at radius 3 is 1.25 bits per heavy atom. The molecule has 0 bridgehead atoms. The average molecular weight is 557 g/mol. The summed E-state index contributed by atoms with van der Waals surface area (Å²) >= 11 is 0. The molecule has 0 aromatic heterocycles. The molecule has 0 radical (unpaired) electrons. The lowest BCUT2D eigenvalue weighted by atomic mass is 10.0. The molecule has 1 rings (SSSR count). The first-order valence-electron chi connectivity index (χ1n) is 18.0. The van der Waals surface area contributed by atoms with Gasteiger partial charge in [-0.3, -0.25) is 0 Å². The molecule has 0 saturated heterocycles. The van der Waals surface area contributed by atoms with Crippen LogP contribution in [0.1, 0.15) is 194 Å². The van der Waals surface area contributed by atoms with Crippen LogP contribution in [0.25, 0.3) is 0 Å². The van der Waals surface area contributed by atoms with E-state index in [0.717, 1.165) is 18.4 Å². The molecule has 2 heteroatoms. The van der Waals surface area contributed by atoms with E-state index in [1.54, 1.807) is 0 Å². The van der Waals surface area contributed by atoms with E-state index in [-0.39, 0.29) is 12.1 Å². The number of carbonyl (C=O) groups excluding carboxylic acids is 1. The number of hydrogen-bond acceptors (Lipinski definition) is 2. The quantitative estimate of drug-likeness (QED) is 0.0499. The highest BCUT2D eigenvalue weighted by molar-refractivity contribution is 5.90. The van der Waals surface area contributed by atoms with E-state index in [1.807, 2.05) is 13.0 Å². The molecule has 0 aliphatic carbocycles. The molecule has 0 aromatic carbocycles. The van der Waals surface area contributed by atoms with Crippen molar-refractivity contribution in [3.63, 3.8) is 0 Å². The van der Waals surface area contributed by atoms with Crippen molar-refractivity contribution in [2.75, 3.05) is 0 Å². The van der Waals surface area contributed by atoms with Gasteiger partial charge in [-0.1, -0.05) is 160 Å². The molecule has 0 unspecified atom stereocenters. The van der Waals surface area contributed by atoms with Crippen LogP contribution in [0, 0.1) is 0 Å². The monoisotopic (exact) mass is 557 g/mol. The summed E-state index contributed by atoms with van der Waals surface area (Å²) in [5.74, 6) is -0.0939. The highest BCUT2D eigenvalue weighted by atomic mass is 16.5. The Balaban J connectivity index is 1.70. The molecule has 1 aliphatic rings. The summed E-state index contributed by atoms with van der Waals surface area (Å²) in [7, 11) is 0. The summed E-state index contributed by atoms with van der Waals surface area (Å²) in [4.78, 5) is 11.6. The third-order valence-corrected chi connectivity index (χ3v) is 8.37. The molecule has 40 heavy (non-hydrogen) atoms. The maximum absolute atomic E-state index is 11.6. The van der Waals surface area contributed by atoms with Crippen LogP contribution in [-0.2, 0) is 9.53 Å².